The number of Topliss-reactive ketones (excluding diaryl/α,β-unsaturated/α-hetero) is 1. The quantitative estimate of drug-likeness (QED) is 0.428. The van der Waals surface area contributed by atoms with Crippen molar-refractivity contribution in [1.29, 1.82) is 0 Å². The molecule has 2 aromatic heterocycles. The molecule has 2 atom stereocenters. The van der Waals surface area contributed by atoms with E-state index in [-0.39, 0.29) is 53.9 Å². The first kappa shape index (κ1) is 26.6. The SMILES string of the molecule is CC(C)NC(=O)Cn1c(N2CCC3CNCC32)nc2c1c(=O)n(CC(=O)c1ccccc1)c(=O)n2C.Cl. The molecule has 2 unspecified atom stereocenters. The predicted molar refractivity (Wildman–Crippen MR) is 143 cm³/mol. The highest BCUT2D eigenvalue weighted by Gasteiger charge is 2.40. The average molecular weight is 530 g/mol. The van der Waals surface area contributed by atoms with Gasteiger partial charge in [0.1, 0.15) is 6.54 Å². The van der Waals surface area contributed by atoms with Gasteiger partial charge in [0.15, 0.2) is 16.9 Å². The third-order valence-electron chi connectivity index (χ3n) is 7.06. The Kier molecular flexibility index (Phi) is 7.56. The molecule has 3 aromatic rings. The number of carbonyl (C=O) groups excluding carboxylic acids is 2. The van der Waals surface area contributed by atoms with E-state index in [2.05, 4.69) is 15.5 Å². The Hall–Kier alpha value is -3.44. The summed E-state index contributed by atoms with van der Waals surface area (Å²) in [7, 11) is 1.53. The standard InChI is InChI=1S/C25H31N7O4.ClH/c1-15(2)27-20(34)14-31-21-22(28-24(31)30-10-9-17-11-26-12-18(17)30)29(3)25(36)32(23(21)35)13-19(33)16-7-5-4-6-8-16;/h4-8,15,17-18,26H,9-14H2,1-3H3,(H,27,34);1H. The molecule has 198 valence electrons. The normalized spacial score (nSPS) is 18.8. The second-order valence-electron chi connectivity index (χ2n) is 9.88. The summed E-state index contributed by atoms with van der Waals surface area (Å²) in [6.07, 6.45) is 0.980. The fourth-order valence-electron chi connectivity index (χ4n) is 5.34. The Balaban J connectivity index is 0.00000320. The van der Waals surface area contributed by atoms with E-state index in [1.165, 1.54) is 11.6 Å². The van der Waals surface area contributed by atoms with Crippen LogP contribution in [0.25, 0.3) is 11.2 Å². The molecule has 1 aromatic carbocycles. The number of carbonyl (C=O) groups is 2. The van der Waals surface area contributed by atoms with Crippen LogP contribution in [0.15, 0.2) is 39.9 Å². The number of amides is 1. The number of fused-ring (bicyclic) bond motifs is 2. The Labute approximate surface area is 219 Å². The van der Waals surface area contributed by atoms with Gasteiger partial charge in [0.05, 0.1) is 6.54 Å². The fraction of sp³-hybridized carbons (Fsp3) is 0.480. The smallest absolute Gasteiger partial charge is 0.332 e. The predicted octanol–water partition coefficient (Wildman–Crippen LogP) is 0.524. The summed E-state index contributed by atoms with van der Waals surface area (Å²) >= 11 is 0. The zero-order valence-corrected chi connectivity index (χ0v) is 22.0. The van der Waals surface area contributed by atoms with E-state index in [9.17, 15) is 19.2 Å². The monoisotopic (exact) mass is 529 g/mol. The number of nitrogens with zero attached hydrogens (tertiary/aromatic N) is 5. The number of anilines is 1. The van der Waals surface area contributed by atoms with Crippen LogP contribution in [0.1, 0.15) is 30.6 Å². The Bertz CT molecular complexity index is 1440. The van der Waals surface area contributed by atoms with Crippen LogP contribution in [-0.4, -0.2) is 62.1 Å². The summed E-state index contributed by atoms with van der Waals surface area (Å²) in [6, 6.07) is 8.67. The van der Waals surface area contributed by atoms with E-state index in [1.54, 1.807) is 34.9 Å². The number of halogens is 1. The highest BCUT2D eigenvalue weighted by molar-refractivity contribution is 5.96. The van der Waals surface area contributed by atoms with Crippen molar-refractivity contribution in [2.75, 3.05) is 24.5 Å². The molecular formula is C25H32ClN7O4. The average Bonchev–Trinajstić information content (AvgIpc) is 3.55. The second-order valence-corrected chi connectivity index (χ2v) is 9.88. The first-order chi connectivity index (χ1) is 17.3. The maximum Gasteiger partial charge on any atom is 0.332 e. The Morgan fingerprint density at radius 1 is 1.11 bits per heavy atom. The minimum Gasteiger partial charge on any atom is -0.352 e. The molecule has 0 bridgehead atoms. The summed E-state index contributed by atoms with van der Waals surface area (Å²) < 4.78 is 3.83. The first-order valence-corrected chi connectivity index (χ1v) is 12.3. The highest BCUT2D eigenvalue weighted by Crippen LogP contribution is 2.32. The topological polar surface area (TPSA) is 123 Å². The van der Waals surface area contributed by atoms with Gasteiger partial charge in [-0.25, -0.2) is 4.79 Å². The molecule has 2 N–H and O–H groups in total. The molecule has 0 spiro atoms. The number of ketones is 1. The van der Waals surface area contributed by atoms with E-state index < -0.39 is 17.8 Å². The lowest BCUT2D eigenvalue weighted by Crippen LogP contribution is -2.42. The number of aryl methyl sites for hydroxylation is 1. The van der Waals surface area contributed by atoms with Gasteiger partial charge in [-0.1, -0.05) is 30.3 Å². The fourth-order valence-corrected chi connectivity index (χ4v) is 5.34. The minimum absolute atomic E-state index is 0. The van der Waals surface area contributed by atoms with E-state index in [1.807, 2.05) is 13.8 Å². The summed E-state index contributed by atoms with van der Waals surface area (Å²) in [5.74, 6) is 0.356. The van der Waals surface area contributed by atoms with Crippen LogP contribution in [0.2, 0.25) is 0 Å². The number of benzene rings is 1. The van der Waals surface area contributed by atoms with Crippen molar-refractivity contribution < 1.29 is 9.59 Å². The van der Waals surface area contributed by atoms with E-state index in [4.69, 9.17) is 4.98 Å². The second kappa shape index (κ2) is 10.5. The molecule has 5 rings (SSSR count). The van der Waals surface area contributed by atoms with Crippen LogP contribution in [0.3, 0.4) is 0 Å². The van der Waals surface area contributed by atoms with Gasteiger partial charge in [0, 0.05) is 44.3 Å². The van der Waals surface area contributed by atoms with E-state index in [0.717, 1.165) is 30.6 Å². The van der Waals surface area contributed by atoms with Crippen molar-refractivity contribution in [2.45, 2.75) is 45.4 Å². The molecule has 2 aliphatic rings. The lowest BCUT2D eigenvalue weighted by Gasteiger charge is -2.25. The number of imidazole rings is 1. The maximum atomic E-state index is 13.7. The van der Waals surface area contributed by atoms with Crippen molar-refractivity contribution in [3.8, 4) is 0 Å². The van der Waals surface area contributed by atoms with E-state index >= 15 is 0 Å². The zero-order valence-electron chi connectivity index (χ0n) is 21.1. The van der Waals surface area contributed by atoms with Gasteiger partial charge in [-0.2, -0.15) is 4.98 Å². The van der Waals surface area contributed by atoms with Gasteiger partial charge >= 0.3 is 5.69 Å². The Morgan fingerprint density at radius 3 is 2.54 bits per heavy atom. The van der Waals surface area contributed by atoms with Crippen LogP contribution in [0, 0.1) is 5.92 Å². The van der Waals surface area contributed by atoms with Crippen LogP contribution in [-0.2, 0) is 24.9 Å². The molecule has 2 aliphatic heterocycles. The van der Waals surface area contributed by atoms with Crippen molar-refractivity contribution in [3.05, 3.63) is 56.7 Å². The van der Waals surface area contributed by atoms with Gasteiger partial charge in [-0.15, -0.1) is 12.4 Å². The van der Waals surface area contributed by atoms with Gasteiger partial charge in [-0.3, -0.25) is 28.1 Å². The van der Waals surface area contributed by atoms with E-state index in [0.29, 0.717) is 17.4 Å². The number of aromatic nitrogens is 4. The minimum atomic E-state index is -0.631. The van der Waals surface area contributed by atoms with Gasteiger partial charge in [0.25, 0.3) is 5.56 Å². The lowest BCUT2D eigenvalue weighted by molar-refractivity contribution is -0.122. The number of nitrogens with one attached hydrogen (secondary N) is 2. The van der Waals surface area contributed by atoms with Gasteiger partial charge in [-0.05, 0) is 26.2 Å². The molecule has 12 heteroatoms. The molecule has 37 heavy (non-hydrogen) atoms. The third-order valence-corrected chi connectivity index (χ3v) is 7.06. The van der Waals surface area contributed by atoms with Crippen LogP contribution < -0.4 is 26.8 Å². The van der Waals surface area contributed by atoms with Gasteiger partial charge in [0.2, 0.25) is 11.9 Å². The molecule has 0 saturated carbocycles. The van der Waals surface area contributed by atoms with Crippen molar-refractivity contribution in [1.82, 2.24) is 29.3 Å². The Morgan fingerprint density at radius 2 is 1.84 bits per heavy atom. The zero-order chi connectivity index (χ0) is 25.6. The number of rotatable bonds is 7. The largest absolute Gasteiger partial charge is 0.352 e. The van der Waals surface area contributed by atoms with Crippen molar-refractivity contribution >= 4 is 41.2 Å². The number of hydrogen-bond acceptors (Lipinski definition) is 7. The molecule has 1 amide bonds. The van der Waals surface area contributed by atoms with Crippen molar-refractivity contribution in [2.24, 2.45) is 13.0 Å². The van der Waals surface area contributed by atoms with Crippen LogP contribution in [0.5, 0.6) is 0 Å². The van der Waals surface area contributed by atoms with Crippen LogP contribution in [0.4, 0.5) is 5.95 Å². The van der Waals surface area contributed by atoms with Crippen molar-refractivity contribution in [3.63, 3.8) is 0 Å². The molecule has 0 radical (unpaired) electrons. The maximum absolute atomic E-state index is 13.7. The molecule has 2 saturated heterocycles. The van der Waals surface area contributed by atoms with Gasteiger partial charge < -0.3 is 15.5 Å². The molecule has 2 fully saturated rings. The lowest BCUT2D eigenvalue weighted by atomic mass is 10.1. The summed E-state index contributed by atoms with van der Waals surface area (Å²) in [4.78, 5) is 59.5. The molecule has 11 nitrogen and oxygen atoms in total. The highest BCUT2D eigenvalue weighted by atomic mass is 35.5. The summed E-state index contributed by atoms with van der Waals surface area (Å²) in [5.41, 5.74) is -0.499. The first-order valence-electron chi connectivity index (χ1n) is 12.3. The van der Waals surface area contributed by atoms with Crippen LogP contribution >= 0.6 is 12.4 Å². The molecule has 0 aliphatic carbocycles. The molecule has 4 heterocycles. The number of hydrogen-bond donors (Lipinski definition) is 2. The third kappa shape index (κ3) is 4.80. The molecular weight excluding hydrogens is 498 g/mol. The summed E-state index contributed by atoms with van der Waals surface area (Å²) in [5, 5.41) is 6.28. The summed E-state index contributed by atoms with van der Waals surface area (Å²) in [6.45, 7) is 5.68.